The molecule has 0 saturated carbocycles. The van der Waals surface area contributed by atoms with Gasteiger partial charge in [-0.1, -0.05) is 29.3 Å². The van der Waals surface area contributed by atoms with E-state index in [0.29, 0.717) is 21.7 Å². The van der Waals surface area contributed by atoms with Gasteiger partial charge in [0, 0.05) is 6.07 Å². The highest BCUT2D eigenvalue weighted by Crippen LogP contribution is 2.33. The minimum absolute atomic E-state index is 0.345. The number of imidazole rings is 1. The molecule has 102 valence electrons. The van der Waals surface area contributed by atoms with Crippen molar-refractivity contribution >= 4 is 40.2 Å². The number of nitrogens with two attached hydrogens (primary N) is 1. The number of hydrogen-bond acceptors (Lipinski definition) is 3. The van der Waals surface area contributed by atoms with Crippen LogP contribution in [0.1, 0.15) is 0 Å². The normalized spacial score (nSPS) is 10.9. The largest absolute Gasteiger partial charge is 0.497 e. The van der Waals surface area contributed by atoms with Crippen molar-refractivity contribution in [3.05, 3.63) is 46.4 Å². The molecule has 0 atom stereocenters. The van der Waals surface area contributed by atoms with E-state index in [4.69, 9.17) is 33.7 Å². The van der Waals surface area contributed by atoms with Crippen LogP contribution in [0.2, 0.25) is 10.0 Å². The Kier molecular flexibility index (Phi) is 3.20. The lowest BCUT2D eigenvalue weighted by molar-refractivity contribution is 0.415. The van der Waals surface area contributed by atoms with Crippen LogP contribution in [-0.4, -0.2) is 16.7 Å². The molecule has 0 radical (unpaired) electrons. The number of anilines is 1. The van der Waals surface area contributed by atoms with Gasteiger partial charge in [0.15, 0.2) is 0 Å². The summed E-state index contributed by atoms with van der Waals surface area (Å²) in [5, 5.41) is 0.899. The fourth-order valence-corrected chi connectivity index (χ4v) is 2.50. The third-order valence-corrected chi connectivity index (χ3v) is 3.87. The number of nitrogen functional groups attached to an aromatic ring is 1. The number of benzene rings is 2. The third kappa shape index (κ3) is 1.97. The minimum Gasteiger partial charge on any atom is -0.497 e. The number of methoxy groups -OCH3 is 1. The van der Waals surface area contributed by atoms with Crippen LogP contribution in [-0.2, 0) is 0 Å². The number of rotatable bonds is 2. The van der Waals surface area contributed by atoms with Crippen molar-refractivity contribution in [3.63, 3.8) is 0 Å². The first-order chi connectivity index (χ1) is 9.61. The van der Waals surface area contributed by atoms with Gasteiger partial charge in [-0.2, -0.15) is 0 Å². The smallest absolute Gasteiger partial charge is 0.205 e. The lowest BCUT2D eigenvalue weighted by Crippen LogP contribution is -2.01. The molecule has 0 aliphatic carbocycles. The second-order valence-electron chi connectivity index (χ2n) is 4.23. The summed E-state index contributed by atoms with van der Waals surface area (Å²) in [6.07, 6.45) is 0. The maximum Gasteiger partial charge on any atom is 0.205 e. The first-order valence-electron chi connectivity index (χ1n) is 5.88. The molecule has 0 amide bonds. The average Bonchev–Trinajstić information content (AvgIpc) is 2.77. The van der Waals surface area contributed by atoms with Gasteiger partial charge in [-0.25, -0.2) is 4.98 Å². The highest BCUT2D eigenvalue weighted by molar-refractivity contribution is 6.43. The van der Waals surface area contributed by atoms with E-state index < -0.39 is 0 Å². The van der Waals surface area contributed by atoms with E-state index in [1.54, 1.807) is 17.7 Å². The van der Waals surface area contributed by atoms with E-state index in [2.05, 4.69) is 4.98 Å². The first-order valence-corrected chi connectivity index (χ1v) is 6.64. The van der Waals surface area contributed by atoms with E-state index in [1.807, 2.05) is 30.3 Å². The molecule has 3 rings (SSSR count). The van der Waals surface area contributed by atoms with Gasteiger partial charge in [0.25, 0.3) is 0 Å². The molecule has 2 N–H and O–H groups in total. The van der Waals surface area contributed by atoms with Gasteiger partial charge in [0.1, 0.15) is 5.75 Å². The van der Waals surface area contributed by atoms with Crippen molar-refractivity contribution < 1.29 is 4.74 Å². The maximum absolute atomic E-state index is 6.26. The zero-order valence-corrected chi connectivity index (χ0v) is 12.1. The van der Waals surface area contributed by atoms with Gasteiger partial charge in [-0.05, 0) is 24.3 Å². The molecule has 1 heterocycles. The van der Waals surface area contributed by atoms with E-state index in [-0.39, 0.29) is 0 Å². The highest BCUT2D eigenvalue weighted by Gasteiger charge is 2.14. The Morgan fingerprint density at radius 2 is 2.00 bits per heavy atom. The van der Waals surface area contributed by atoms with Crippen LogP contribution in [0.4, 0.5) is 5.95 Å². The van der Waals surface area contributed by atoms with E-state index >= 15 is 0 Å². The molecular formula is C14H11Cl2N3O. The molecule has 0 aliphatic rings. The van der Waals surface area contributed by atoms with Gasteiger partial charge in [0.05, 0.1) is 33.9 Å². The molecule has 0 spiro atoms. The Bertz CT molecular complexity index is 798. The Morgan fingerprint density at radius 1 is 1.20 bits per heavy atom. The van der Waals surface area contributed by atoms with Crippen LogP contribution in [0.15, 0.2) is 36.4 Å². The Balaban J connectivity index is 2.35. The second-order valence-corrected chi connectivity index (χ2v) is 5.02. The van der Waals surface area contributed by atoms with Gasteiger partial charge >= 0.3 is 0 Å². The van der Waals surface area contributed by atoms with Crippen LogP contribution in [0.3, 0.4) is 0 Å². The van der Waals surface area contributed by atoms with Crippen molar-refractivity contribution in [1.29, 1.82) is 0 Å². The predicted molar refractivity (Wildman–Crippen MR) is 82.1 cm³/mol. The van der Waals surface area contributed by atoms with Crippen molar-refractivity contribution in [3.8, 4) is 11.4 Å². The lowest BCUT2D eigenvalue weighted by atomic mass is 10.2. The molecule has 0 unspecified atom stereocenters. The summed E-state index contributed by atoms with van der Waals surface area (Å²) in [5.74, 6) is 1.06. The molecular weight excluding hydrogens is 297 g/mol. The number of aromatic nitrogens is 2. The summed E-state index contributed by atoms with van der Waals surface area (Å²) in [6, 6.07) is 10.9. The molecule has 0 aliphatic heterocycles. The van der Waals surface area contributed by atoms with Gasteiger partial charge < -0.3 is 10.5 Å². The van der Waals surface area contributed by atoms with Gasteiger partial charge in [-0.3, -0.25) is 4.57 Å². The lowest BCUT2D eigenvalue weighted by Gasteiger charge is -2.10. The molecule has 4 nitrogen and oxygen atoms in total. The van der Waals surface area contributed by atoms with Crippen LogP contribution in [0.5, 0.6) is 5.75 Å². The summed E-state index contributed by atoms with van der Waals surface area (Å²) >= 11 is 12.3. The van der Waals surface area contributed by atoms with E-state index in [1.165, 1.54) is 0 Å². The fraction of sp³-hybridized carbons (Fsp3) is 0.0714. The Labute approximate surface area is 125 Å². The first kappa shape index (κ1) is 13.1. The summed E-state index contributed by atoms with van der Waals surface area (Å²) in [4.78, 5) is 4.32. The third-order valence-electron chi connectivity index (χ3n) is 3.06. The van der Waals surface area contributed by atoms with Crippen LogP contribution >= 0.6 is 23.2 Å². The topological polar surface area (TPSA) is 53.1 Å². The maximum atomic E-state index is 6.26. The number of hydrogen-bond donors (Lipinski definition) is 1. The zero-order valence-electron chi connectivity index (χ0n) is 10.6. The number of fused-ring (bicyclic) bond motifs is 1. The standard InChI is InChI=1S/C14H11Cl2N3O/c1-20-8-5-6-10-12(7-8)19(14(17)18-10)11-4-2-3-9(15)13(11)16/h2-7H,1H3,(H2,17,18). The van der Waals surface area contributed by atoms with Crippen LogP contribution < -0.4 is 10.5 Å². The summed E-state index contributed by atoms with van der Waals surface area (Å²) in [5.41, 5.74) is 8.27. The quantitative estimate of drug-likeness (QED) is 0.780. The zero-order chi connectivity index (χ0) is 14.3. The number of nitrogens with zero attached hydrogens (tertiary/aromatic N) is 2. The average molecular weight is 308 g/mol. The second kappa shape index (κ2) is 4.89. The van der Waals surface area contributed by atoms with Gasteiger partial charge in [-0.15, -0.1) is 0 Å². The molecule has 0 fully saturated rings. The van der Waals surface area contributed by atoms with Crippen molar-refractivity contribution in [2.24, 2.45) is 0 Å². The molecule has 2 aromatic carbocycles. The van der Waals surface area contributed by atoms with Crippen molar-refractivity contribution in [1.82, 2.24) is 9.55 Å². The minimum atomic E-state index is 0.345. The molecule has 6 heteroatoms. The van der Waals surface area contributed by atoms with Crippen molar-refractivity contribution in [2.75, 3.05) is 12.8 Å². The van der Waals surface area contributed by atoms with Crippen molar-refractivity contribution in [2.45, 2.75) is 0 Å². The van der Waals surface area contributed by atoms with Gasteiger partial charge in [0.2, 0.25) is 5.95 Å². The van der Waals surface area contributed by atoms with Crippen LogP contribution in [0, 0.1) is 0 Å². The molecule has 1 aromatic heterocycles. The summed E-state index contributed by atoms with van der Waals surface area (Å²) in [6.45, 7) is 0. The fourth-order valence-electron chi connectivity index (χ4n) is 2.12. The molecule has 3 aromatic rings. The van der Waals surface area contributed by atoms with E-state index in [9.17, 15) is 0 Å². The molecule has 0 saturated heterocycles. The monoisotopic (exact) mass is 307 g/mol. The highest BCUT2D eigenvalue weighted by atomic mass is 35.5. The summed E-state index contributed by atoms with van der Waals surface area (Å²) < 4.78 is 6.99. The molecule has 0 bridgehead atoms. The Hall–Kier alpha value is -1.91. The predicted octanol–water partition coefficient (Wildman–Crippen LogP) is 3.92. The Morgan fingerprint density at radius 3 is 2.75 bits per heavy atom. The number of halogens is 2. The van der Waals surface area contributed by atoms with E-state index in [0.717, 1.165) is 16.8 Å². The SMILES string of the molecule is COc1ccc2nc(N)n(-c3cccc(Cl)c3Cl)c2c1. The van der Waals surface area contributed by atoms with Crippen LogP contribution in [0.25, 0.3) is 16.7 Å². The number of ether oxygens (including phenoxy) is 1. The summed E-state index contributed by atoms with van der Waals surface area (Å²) in [7, 11) is 1.61. The molecule has 20 heavy (non-hydrogen) atoms.